The molecular weight excluding hydrogens is 476 g/mol. The number of fused-ring (bicyclic) bond motifs is 4. The summed E-state index contributed by atoms with van der Waals surface area (Å²) in [5.41, 5.74) is 7.13. The molecule has 0 radical (unpaired) electrons. The Morgan fingerprint density at radius 1 is 1.08 bits per heavy atom. The molecule has 0 bridgehead atoms. The van der Waals surface area contributed by atoms with Crippen LogP contribution in [0, 0.1) is 11.8 Å². The summed E-state index contributed by atoms with van der Waals surface area (Å²) in [6.45, 7) is 2.11. The molecule has 0 aliphatic carbocycles. The summed E-state index contributed by atoms with van der Waals surface area (Å²) in [6.07, 6.45) is 0.908. The molecule has 10 nitrogen and oxygen atoms in total. The number of aryl methyl sites for hydroxylation is 1. The number of ether oxygens (including phenoxy) is 2. The lowest BCUT2D eigenvalue weighted by atomic mass is 9.76. The van der Waals surface area contributed by atoms with Gasteiger partial charge in [0.15, 0.2) is 11.5 Å². The van der Waals surface area contributed by atoms with Gasteiger partial charge in [0.1, 0.15) is 5.54 Å². The standard InChI is InChI=1S/C27H30N4O6/c1-4-15-6-5-7-16-23(15)29-26(35)27(16)22-21(17(30-27)13-20(28)32)24(33)31(25(22)34)11-10-14-8-9-18(36-2)19(12-14)37-3/h5-9,12,17,21-22,30H,4,10-11,13H2,1-3H3,(H2,28,32)(H,29,35)/t17-,21+,22-,27+/m0/s1. The van der Waals surface area contributed by atoms with Crippen molar-refractivity contribution >= 4 is 29.3 Å². The number of primary amides is 1. The molecule has 4 N–H and O–H groups in total. The van der Waals surface area contributed by atoms with Gasteiger partial charge in [-0.1, -0.05) is 31.2 Å². The van der Waals surface area contributed by atoms with E-state index in [-0.39, 0.29) is 13.0 Å². The number of nitrogens with one attached hydrogen (secondary N) is 2. The van der Waals surface area contributed by atoms with Crippen LogP contribution < -0.4 is 25.8 Å². The molecule has 0 saturated carbocycles. The van der Waals surface area contributed by atoms with E-state index in [0.717, 1.165) is 11.1 Å². The quantitative estimate of drug-likeness (QED) is 0.456. The largest absolute Gasteiger partial charge is 0.493 e. The fraction of sp³-hybridized carbons (Fsp3) is 0.407. The van der Waals surface area contributed by atoms with Crippen molar-refractivity contribution in [3.63, 3.8) is 0 Å². The van der Waals surface area contributed by atoms with Crippen molar-refractivity contribution in [1.29, 1.82) is 0 Å². The third kappa shape index (κ3) is 3.66. The SMILES string of the molecule is CCc1cccc2c1NC(=O)[C@@]21N[C@@H](CC(N)=O)[C@H]2C(=O)N(CCc3ccc(OC)c(OC)c3)C(=O)[C@H]21. The van der Waals surface area contributed by atoms with Crippen LogP contribution in [0.5, 0.6) is 11.5 Å². The molecule has 4 amide bonds. The number of hydrogen-bond acceptors (Lipinski definition) is 7. The van der Waals surface area contributed by atoms with Crippen molar-refractivity contribution in [2.24, 2.45) is 17.6 Å². The minimum atomic E-state index is -1.45. The first-order valence-electron chi connectivity index (χ1n) is 12.3. The number of para-hydroxylation sites is 1. The molecule has 3 heterocycles. The molecule has 3 aliphatic rings. The second-order valence-corrected chi connectivity index (χ2v) is 9.65. The smallest absolute Gasteiger partial charge is 0.250 e. The predicted octanol–water partition coefficient (Wildman–Crippen LogP) is 1.10. The fourth-order valence-electron chi connectivity index (χ4n) is 6.13. The summed E-state index contributed by atoms with van der Waals surface area (Å²) < 4.78 is 10.6. The van der Waals surface area contributed by atoms with Crippen LogP contribution in [0.25, 0.3) is 0 Å². The molecule has 37 heavy (non-hydrogen) atoms. The minimum absolute atomic E-state index is 0.128. The van der Waals surface area contributed by atoms with Crippen LogP contribution in [-0.4, -0.2) is 55.3 Å². The number of methoxy groups -OCH3 is 2. The molecule has 194 valence electrons. The Labute approximate surface area is 214 Å². The van der Waals surface area contributed by atoms with Gasteiger partial charge < -0.3 is 20.5 Å². The lowest BCUT2D eigenvalue weighted by Gasteiger charge is -2.29. The van der Waals surface area contributed by atoms with E-state index in [4.69, 9.17) is 15.2 Å². The first kappa shape index (κ1) is 24.8. The third-order valence-electron chi connectivity index (χ3n) is 7.80. The monoisotopic (exact) mass is 506 g/mol. The second kappa shape index (κ2) is 9.19. The van der Waals surface area contributed by atoms with E-state index >= 15 is 0 Å². The molecule has 0 unspecified atom stereocenters. The number of imide groups is 1. The third-order valence-corrected chi connectivity index (χ3v) is 7.80. The first-order chi connectivity index (χ1) is 17.8. The highest BCUT2D eigenvalue weighted by Gasteiger charge is 2.70. The van der Waals surface area contributed by atoms with Gasteiger partial charge in [-0.05, 0) is 36.1 Å². The van der Waals surface area contributed by atoms with Crippen LogP contribution >= 0.6 is 0 Å². The van der Waals surface area contributed by atoms with Gasteiger partial charge in [0.05, 0.1) is 26.1 Å². The van der Waals surface area contributed by atoms with Gasteiger partial charge in [0.2, 0.25) is 23.6 Å². The van der Waals surface area contributed by atoms with Gasteiger partial charge in [0, 0.05) is 30.3 Å². The number of likely N-dealkylation sites (tertiary alicyclic amines) is 1. The molecule has 10 heteroatoms. The second-order valence-electron chi connectivity index (χ2n) is 9.65. The fourth-order valence-corrected chi connectivity index (χ4v) is 6.13. The number of amides is 4. The van der Waals surface area contributed by atoms with Crippen LogP contribution in [-0.2, 0) is 37.6 Å². The summed E-state index contributed by atoms with van der Waals surface area (Å²) in [5, 5.41) is 6.17. The number of hydrogen-bond donors (Lipinski definition) is 3. The molecule has 2 aromatic carbocycles. The lowest BCUT2D eigenvalue weighted by Crippen LogP contribution is -2.53. The van der Waals surface area contributed by atoms with Gasteiger partial charge in [0.25, 0.3) is 0 Å². The van der Waals surface area contributed by atoms with Gasteiger partial charge in [-0.2, -0.15) is 0 Å². The number of anilines is 1. The summed E-state index contributed by atoms with van der Waals surface area (Å²) in [6, 6.07) is 10.2. The maximum atomic E-state index is 13.9. The average molecular weight is 507 g/mol. The Morgan fingerprint density at radius 3 is 2.51 bits per heavy atom. The Morgan fingerprint density at radius 2 is 1.84 bits per heavy atom. The van der Waals surface area contributed by atoms with Gasteiger partial charge >= 0.3 is 0 Å². The highest BCUT2D eigenvalue weighted by molar-refractivity contribution is 6.15. The van der Waals surface area contributed by atoms with E-state index in [1.165, 1.54) is 12.0 Å². The van der Waals surface area contributed by atoms with E-state index in [9.17, 15) is 19.2 Å². The average Bonchev–Trinajstić information content (AvgIpc) is 3.46. The van der Waals surface area contributed by atoms with Crippen molar-refractivity contribution in [2.75, 3.05) is 26.1 Å². The molecule has 2 aromatic rings. The zero-order valence-electron chi connectivity index (χ0n) is 21.0. The molecule has 2 saturated heterocycles. The molecule has 1 spiro atoms. The number of carbonyl (C=O) groups is 4. The van der Waals surface area contributed by atoms with Gasteiger partial charge in [-0.3, -0.25) is 29.4 Å². The van der Waals surface area contributed by atoms with Crippen LogP contribution in [0.15, 0.2) is 36.4 Å². The predicted molar refractivity (Wildman–Crippen MR) is 134 cm³/mol. The van der Waals surface area contributed by atoms with E-state index < -0.39 is 47.0 Å². The molecule has 3 aliphatic heterocycles. The van der Waals surface area contributed by atoms with Crippen LogP contribution in [0.1, 0.15) is 30.0 Å². The van der Waals surface area contributed by atoms with Crippen molar-refractivity contribution < 1.29 is 28.7 Å². The summed E-state index contributed by atoms with van der Waals surface area (Å²) in [4.78, 5) is 54.2. The van der Waals surface area contributed by atoms with E-state index in [0.29, 0.717) is 35.6 Å². The van der Waals surface area contributed by atoms with E-state index in [1.807, 2.05) is 25.1 Å². The van der Waals surface area contributed by atoms with Crippen LogP contribution in [0.4, 0.5) is 5.69 Å². The molecule has 5 rings (SSSR count). The maximum Gasteiger partial charge on any atom is 0.250 e. The highest BCUT2D eigenvalue weighted by atomic mass is 16.5. The number of carbonyl (C=O) groups excluding carboxylic acids is 4. The van der Waals surface area contributed by atoms with Gasteiger partial charge in [-0.15, -0.1) is 0 Å². The Hall–Kier alpha value is -3.92. The van der Waals surface area contributed by atoms with E-state index in [1.54, 1.807) is 25.3 Å². The number of nitrogens with two attached hydrogens (primary N) is 1. The molecule has 2 fully saturated rings. The lowest BCUT2D eigenvalue weighted by molar-refractivity contribution is -0.142. The normalized spacial score (nSPS) is 25.9. The number of nitrogens with zero attached hydrogens (tertiary/aromatic N) is 1. The summed E-state index contributed by atoms with van der Waals surface area (Å²) >= 11 is 0. The number of benzene rings is 2. The highest BCUT2D eigenvalue weighted by Crippen LogP contribution is 2.54. The zero-order valence-corrected chi connectivity index (χ0v) is 21.0. The topological polar surface area (TPSA) is 140 Å². The zero-order chi connectivity index (χ0) is 26.5. The Balaban J connectivity index is 1.50. The van der Waals surface area contributed by atoms with Crippen molar-refractivity contribution in [3.8, 4) is 11.5 Å². The maximum absolute atomic E-state index is 13.9. The minimum Gasteiger partial charge on any atom is -0.493 e. The Bertz CT molecular complexity index is 1310. The first-order valence-corrected chi connectivity index (χ1v) is 12.3. The summed E-state index contributed by atoms with van der Waals surface area (Å²) in [5.74, 6) is -2.58. The molecule has 0 aromatic heterocycles. The number of rotatable bonds is 8. The Kier molecular flexibility index (Phi) is 6.15. The van der Waals surface area contributed by atoms with Crippen molar-refractivity contribution in [2.45, 2.75) is 37.8 Å². The van der Waals surface area contributed by atoms with E-state index in [2.05, 4.69) is 10.6 Å². The van der Waals surface area contributed by atoms with Crippen molar-refractivity contribution in [3.05, 3.63) is 53.1 Å². The van der Waals surface area contributed by atoms with Gasteiger partial charge in [-0.25, -0.2) is 0 Å². The van der Waals surface area contributed by atoms with Crippen LogP contribution in [0.3, 0.4) is 0 Å². The molecular formula is C27H30N4O6. The summed E-state index contributed by atoms with van der Waals surface area (Å²) in [7, 11) is 3.08. The van der Waals surface area contributed by atoms with Crippen LogP contribution in [0.2, 0.25) is 0 Å². The van der Waals surface area contributed by atoms with Crippen molar-refractivity contribution in [1.82, 2.24) is 10.2 Å². The molecule has 4 atom stereocenters.